The zero-order valence-electron chi connectivity index (χ0n) is 19.9. The van der Waals surface area contributed by atoms with E-state index in [0.29, 0.717) is 37.7 Å². The second kappa shape index (κ2) is 11.3. The van der Waals surface area contributed by atoms with Crippen LogP contribution in [0.15, 0.2) is 53.4 Å². The fourth-order valence-electron chi connectivity index (χ4n) is 4.79. The van der Waals surface area contributed by atoms with Gasteiger partial charge >= 0.3 is 0 Å². The predicted octanol–water partition coefficient (Wildman–Crippen LogP) is 4.11. The summed E-state index contributed by atoms with van der Waals surface area (Å²) >= 11 is 0. The summed E-state index contributed by atoms with van der Waals surface area (Å²) in [5.41, 5.74) is 1.66. The number of ether oxygens (including phenoxy) is 1. The number of amides is 1. The van der Waals surface area contributed by atoms with Crippen LogP contribution in [0.4, 0.5) is 5.69 Å². The molecule has 2 aromatic carbocycles. The first-order valence-electron chi connectivity index (χ1n) is 12.3. The SMILES string of the molecule is CCOc1ccc(S(=O)(=O)N2CCCCC2)cc1NC(=O)C1CCCN(Cc2ccccc2)C1. The minimum atomic E-state index is -3.60. The van der Waals surface area contributed by atoms with Crippen molar-refractivity contribution in [2.24, 2.45) is 5.92 Å². The van der Waals surface area contributed by atoms with E-state index in [1.165, 1.54) is 5.56 Å². The van der Waals surface area contributed by atoms with Gasteiger partial charge in [-0.15, -0.1) is 0 Å². The van der Waals surface area contributed by atoms with Crippen molar-refractivity contribution in [3.05, 3.63) is 54.1 Å². The molecular weight excluding hydrogens is 450 g/mol. The smallest absolute Gasteiger partial charge is 0.243 e. The normalized spacial score (nSPS) is 20.1. The molecule has 0 spiro atoms. The average molecular weight is 486 g/mol. The van der Waals surface area contributed by atoms with Gasteiger partial charge < -0.3 is 10.1 Å². The highest BCUT2D eigenvalue weighted by Gasteiger charge is 2.29. The van der Waals surface area contributed by atoms with Gasteiger partial charge in [0.25, 0.3) is 0 Å². The second-order valence-corrected chi connectivity index (χ2v) is 11.0. The van der Waals surface area contributed by atoms with E-state index < -0.39 is 10.0 Å². The summed E-state index contributed by atoms with van der Waals surface area (Å²) in [6.07, 6.45) is 4.57. The molecule has 2 aromatic rings. The van der Waals surface area contributed by atoms with Gasteiger partial charge in [0.2, 0.25) is 15.9 Å². The maximum Gasteiger partial charge on any atom is 0.243 e. The number of anilines is 1. The van der Waals surface area contributed by atoms with Gasteiger partial charge in [-0.1, -0.05) is 36.8 Å². The Labute approximate surface area is 203 Å². The monoisotopic (exact) mass is 485 g/mol. The van der Waals surface area contributed by atoms with Gasteiger partial charge in [-0.05, 0) is 62.9 Å². The van der Waals surface area contributed by atoms with E-state index in [1.54, 1.807) is 22.5 Å². The lowest BCUT2D eigenvalue weighted by atomic mass is 9.96. The molecule has 2 aliphatic rings. The van der Waals surface area contributed by atoms with Gasteiger partial charge in [0.15, 0.2) is 0 Å². The summed E-state index contributed by atoms with van der Waals surface area (Å²) in [6, 6.07) is 15.1. The number of piperidine rings is 2. The average Bonchev–Trinajstić information content (AvgIpc) is 2.86. The summed E-state index contributed by atoms with van der Waals surface area (Å²) in [5.74, 6) is 0.242. The summed E-state index contributed by atoms with van der Waals surface area (Å²) in [4.78, 5) is 15.7. The summed E-state index contributed by atoms with van der Waals surface area (Å²) in [6.45, 7) is 5.83. The van der Waals surface area contributed by atoms with Crippen LogP contribution in [0.25, 0.3) is 0 Å². The highest BCUT2D eigenvalue weighted by Crippen LogP contribution is 2.31. The Morgan fingerprint density at radius 1 is 1.03 bits per heavy atom. The summed E-state index contributed by atoms with van der Waals surface area (Å²) in [7, 11) is -3.60. The lowest BCUT2D eigenvalue weighted by molar-refractivity contribution is -0.121. The zero-order valence-corrected chi connectivity index (χ0v) is 20.7. The first-order chi connectivity index (χ1) is 16.5. The maximum absolute atomic E-state index is 13.2. The number of rotatable bonds is 8. The van der Waals surface area contributed by atoms with Crippen LogP contribution in [0.5, 0.6) is 5.75 Å². The molecule has 7 nitrogen and oxygen atoms in total. The van der Waals surface area contributed by atoms with Crippen LogP contribution in [0, 0.1) is 5.92 Å². The number of carbonyl (C=O) groups excluding carboxylic acids is 1. The van der Waals surface area contributed by atoms with Crippen LogP contribution in [0.2, 0.25) is 0 Å². The third-order valence-electron chi connectivity index (χ3n) is 6.59. The van der Waals surface area contributed by atoms with Gasteiger partial charge in [0, 0.05) is 26.2 Å². The second-order valence-electron chi connectivity index (χ2n) is 9.10. The molecule has 2 saturated heterocycles. The van der Waals surface area contributed by atoms with Crippen LogP contribution < -0.4 is 10.1 Å². The quantitative estimate of drug-likeness (QED) is 0.609. The largest absolute Gasteiger partial charge is 0.492 e. The van der Waals surface area contributed by atoms with E-state index in [9.17, 15) is 13.2 Å². The standard InChI is InChI=1S/C26H35N3O4S/c1-2-33-25-14-13-23(34(31,32)29-16-7-4-8-17-29)18-24(25)27-26(30)22-12-9-15-28(20-22)19-21-10-5-3-6-11-21/h3,5-6,10-11,13-14,18,22H,2,4,7-9,12,15-17,19-20H2,1H3,(H,27,30). The Balaban J connectivity index is 1.48. The molecule has 4 rings (SSSR count). The van der Waals surface area contributed by atoms with Gasteiger partial charge in [0.1, 0.15) is 5.75 Å². The Hall–Kier alpha value is -2.42. The van der Waals surface area contributed by atoms with Crippen LogP contribution in [-0.2, 0) is 21.4 Å². The minimum absolute atomic E-state index is 0.0914. The molecule has 184 valence electrons. The maximum atomic E-state index is 13.2. The molecule has 0 aromatic heterocycles. The molecule has 0 bridgehead atoms. The van der Waals surface area contributed by atoms with Crippen LogP contribution >= 0.6 is 0 Å². The molecule has 0 aliphatic carbocycles. The minimum Gasteiger partial charge on any atom is -0.492 e. The fourth-order valence-corrected chi connectivity index (χ4v) is 6.34. The molecule has 0 saturated carbocycles. The molecule has 2 aliphatic heterocycles. The van der Waals surface area contributed by atoms with Crippen molar-refractivity contribution in [2.75, 3.05) is 38.1 Å². The van der Waals surface area contributed by atoms with E-state index in [4.69, 9.17) is 4.74 Å². The number of nitrogens with one attached hydrogen (secondary N) is 1. The molecule has 1 N–H and O–H groups in total. The van der Waals surface area contributed by atoms with Gasteiger partial charge in [-0.2, -0.15) is 4.31 Å². The van der Waals surface area contributed by atoms with Gasteiger partial charge in [-0.25, -0.2) is 8.42 Å². The molecule has 8 heteroatoms. The molecule has 1 amide bonds. The van der Waals surface area contributed by atoms with Crippen LogP contribution in [-0.4, -0.2) is 56.3 Å². The van der Waals surface area contributed by atoms with Crippen molar-refractivity contribution in [3.8, 4) is 5.75 Å². The number of hydrogen-bond acceptors (Lipinski definition) is 5. The van der Waals surface area contributed by atoms with Crippen LogP contribution in [0.1, 0.15) is 44.6 Å². The number of likely N-dealkylation sites (tertiary alicyclic amines) is 1. The molecule has 1 atom stereocenters. The first-order valence-corrected chi connectivity index (χ1v) is 13.8. The molecular formula is C26H35N3O4S. The molecule has 1 unspecified atom stereocenters. The Kier molecular flexibility index (Phi) is 8.24. The lowest BCUT2D eigenvalue weighted by Gasteiger charge is -2.32. The molecule has 34 heavy (non-hydrogen) atoms. The van der Waals surface area contributed by atoms with Gasteiger partial charge in [-0.3, -0.25) is 9.69 Å². The van der Waals surface area contributed by atoms with E-state index >= 15 is 0 Å². The molecule has 2 heterocycles. The van der Waals surface area contributed by atoms with Crippen molar-refractivity contribution in [1.82, 2.24) is 9.21 Å². The van der Waals surface area contributed by atoms with Crippen molar-refractivity contribution in [2.45, 2.75) is 50.5 Å². The number of hydrogen-bond donors (Lipinski definition) is 1. The predicted molar refractivity (Wildman–Crippen MR) is 133 cm³/mol. The lowest BCUT2D eigenvalue weighted by Crippen LogP contribution is -2.40. The van der Waals surface area contributed by atoms with E-state index in [1.807, 2.05) is 25.1 Å². The van der Waals surface area contributed by atoms with Crippen molar-refractivity contribution in [3.63, 3.8) is 0 Å². The number of nitrogens with zero attached hydrogens (tertiary/aromatic N) is 2. The topological polar surface area (TPSA) is 79.0 Å². The number of benzene rings is 2. The number of carbonyl (C=O) groups is 1. The van der Waals surface area contributed by atoms with Crippen LogP contribution in [0.3, 0.4) is 0 Å². The van der Waals surface area contributed by atoms with Crippen molar-refractivity contribution < 1.29 is 17.9 Å². The third kappa shape index (κ3) is 5.98. The highest BCUT2D eigenvalue weighted by molar-refractivity contribution is 7.89. The van der Waals surface area contributed by atoms with Crippen molar-refractivity contribution in [1.29, 1.82) is 0 Å². The summed E-state index contributed by atoms with van der Waals surface area (Å²) < 4.78 is 33.6. The third-order valence-corrected chi connectivity index (χ3v) is 8.48. The molecule has 0 radical (unpaired) electrons. The Morgan fingerprint density at radius 2 is 1.79 bits per heavy atom. The number of sulfonamides is 1. The molecule has 2 fully saturated rings. The van der Waals surface area contributed by atoms with Gasteiger partial charge in [0.05, 0.1) is 23.1 Å². The Morgan fingerprint density at radius 3 is 2.53 bits per heavy atom. The van der Waals surface area contributed by atoms with E-state index in [2.05, 4.69) is 22.3 Å². The van der Waals surface area contributed by atoms with Crippen molar-refractivity contribution >= 4 is 21.6 Å². The van der Waals surface area contributed by atoms with E-state index in [0.717, 1.165) is 45.2 Å². The Bertz CT molecular complexity index is 1070. The zero-order chi connectivity index (χ0) is 24.0. The first kappa shape index (κ1) is 24.7. The fraction of sp³-hybridized carbons (Fsp3) is 0.500. The van der Waals surface area contributed by atoms with E-state index in [-0.39, 0.29) is 16.7 Å². The highest BCUT2D eigenvalue weighted by atomic mass is 32.2. The summed E-state index contributed by atoms with van der Waals surface area (Å²) in [5, 5.41) is 2.99.